The number of methoxy groups -OCH3 is 1. The van der Waals surface area contributed by atoms with E-state index in [1.807, 2.05) is 0 Å². The molecule has 10 nitrogen and oxygen atoms in total. The molecule has 0 aromatic heterocycles. The Hall–Kier alpha value is -1.30. The van der Waals surface area contributed by atoms with Gasteiger partial charge in [0.2, 0.25) is 5.91 Å². The second kappa shape index (κ2) is 12.2. The Balaban J connectivity index is 2.39. The van der Waals surface area contributed by atoms with Gasteiger partial charge in [0.1, 0.15) is 18.3 Å². The summed E-state index contributed by atoms with van der Waals surface area (Å²) in [6, 6.07) is -0.930. The molecule has 6 atom stereocenters. The number of hydrogen-bond donors (Lipinski definition) is 5. The summed E-state index contributed by atoms with van der Waals surface area (Å²) in [5.41, 5.74) is 0. The molecule has 10 heteroatoms. The van der Waals surface area contributed by atoms with Gasteiger partial charge in [0.15, 0.2) is 6.29 Å². The Bertz CT molecular complexity index is 462. The quantitative estimate of drug-likeness (QED) is 0.207. The van der Waals surface area contributed by atoms with Gasteiger partial charge in [0, 0.05) is 26.1 Å². The number of hydrogen-bond acceptors (Lipinski definition) is 9. The van der Waals surface area contributed by atoms with Crippen molar-refractivity contribution < 1.29 is 44.2 Å². The zero-order valence-electron chi connectivity index (χ0n) is 15.7. The predicted molar refractivity (Wildman–Crippen MR) is 92.4 cm³/mol. The number of unbranched alkanes of at least 4 members (excludes halogenated alkanes) is 2. The topological polar surface area (TPSA) is 155 Å². The van der Waals surface area contributed by atoms with E-state index in [4.69, 9.17) is 14.6 Å². The Morgan fingerprint density at radius 3 is 2.52 bits per heavy atom. The van der Waals surface area contributed by atoms with E-state index in [1.54, 1.807) is 6.92 Å². The van der Waals surface area contributed by atoms with Crippen molar-refractivity contribution in [3.63, 3.8) is 0 Å². The van der Waals surface area contributed by atoms with E-state index in [9.17, 15) is 24.9 Å². The van der Waals surface area contributed by atoms with Crippen LogP contribution in [0.15, 0.2) is 0 Å². The molecule has 0 aliphatic carbocycles. The smallest absolute Gasteiger partial charge is 0.305 e. The van der Waals surface area contributed by atoms with E-state index < -0.39 is 42.7 Å². The summed E-state index contributed by atoms with van der Waals surface area (Å²) < 4.78 is 15.5. The van der Waals surface area contributed by atoms with Gasteiger partial charge < -0.3 is 40.0 Å². The van der Waals surface area contributed by atoms with Crippen molar-refractivity contribution in [1.82, 2.24) is 5.32 Å². The summed E-state index contributed by atoms with van der Waals surface area (Å²) in [4.78, 5) is 22.8. The molecule has 1 aliphatic heterocycles. The fraction of sp³-hybridized carbons (Fsp3) is 0.882. The molecule has 0 aromatic carbocycles. The number of nitrogens with one attached hydrogen (secondary N) is 1. The zero-order chi connectivity index (χ0) is 20.4. The van der Waals surface area contributed by atoms with Gasteiger partial charge in [-0.15, -0.1) is 0 Å². The normalized spacial score (nSPS) is 29.2. The van der Waals surface area contributed by atoms with Crippen molar-refractivity contribution in [1.29, 1.82) is 0 Å². The minimum atomic E-state index is -1.41. The summed E-state index contributed by atoms with van der Waals surface area (Å²) in [5.74, 6) is -1.03. The Morgan fingerprint density at radius 2 is 1.89 bits per heavy atom. The van der Waals surface area contributed by atoms with E-state index in [2.05, 4.69) is 10.1 Å². The van der Waals surface area contributed by atoms with Crippen molar-refractivity contribution in [3.8, 4) is 0 Å². The second-order valence-electron chi connectivity index (χ2n) is 6.51. The fourth-order valence-electron chi connectivity index (χ4n) is 2.73. The van der Waals surface area contributed by atoms with Gasteiger partial charge in [-0.1, -0.05) is 6.42 Å². The molecule has 0 saturated carbocycles. The number of aliphatic hydroxyl groups excluding tert-OH is 4. The average molecular weight is 393 g/mol. The third-order valence-corrected chi connectivity index (χ3v) is 4.40. The summed E-state index contributed by atoms with van der Waals surface area (Å²) in [6.45, 7) is 1.52. The van der Waals surface area contributed by atoms with E-state index >= 15 is 0 Å². The number of esters is 1. The molecule has 1 amide bonds. The molecular formula is C17H31NO9. The minimum Gasteiger partial charge on any atom is -0.469 e. The van der Waals surface area contributed by atoms with Gasteiger partial charge in [-0.05, 0) is 19.8 Å². The molecule has 27 heavy (non-hydrogen) atoms. The summed E-state index contributed by atoms with van der Waals surface area (Å²) in [7, 11) is 1.34. The Labute approximate surface area is 158 Å². The maximum atomic E-state index is 11.8. The number of ether oxygens (including phenoxy) is 3. The van der Waals surface area contributed by atoms with Gasteiger partial charge in [0.25, 0.3) is 0 Å². The second-order valence-corrected chi connectivity index (χ2v) is 6.51. The molecule has 0 bridgehead atoms. The van der Waals surface area contributed by atoms with Crippen LogP contribution in [0.4, 0.5) is 0 Å². The van der Waals surface area contributed by atoms with Crippen LogP contribution in [0.3, 0.4) is 0 Å². The lowest BCUT2D eigenvalue weighted by atomic mass is 9.96. The van der Waals surface area contributed by atoms with Crippen LogP contribution in [0, 0.1) is 0 Å². The minimum absolute atomic E-state index is 0.131. The van der Waals surface area contributed by atoms with Gasteiger partial charge in [-0.25, -0.2) is 0 Å². The van der Waals surface area contributed by atoms with Crippen LogP contribution in [-0.2, 0) is 23.8 Å². The standard InChI is InChI=1S/C17H31NO9/c1-10-13(18-16(24)11(20)7-8-19)14(22)15(23)17(27-10)26-9-5-3-4-6-12(21)25-2/h10-11,13-15,17,19-20,22-23H,3-9H2,1-2H3,(H,18,24)/t10-,11+,13-,14+,15+,17+/m1/s1. The molecule has 0 spiro atoms. The van der Waals surface area contributed by atoms with Crippen molar-refractivity contribution >= 4 is 11.9 Å². The largest absolute Gasteiger partial charge is 0.469 e. The average Bonchev–Trinajstić information content (AvgIpc) is 2.65. The lowest BCUT2D eigenvalue weighted by Crippen LogP contribution is -2.64. The van der Waals surface area contributed by atoms with Crippen molar-refractivity contribution in [3.05, 3.63) is 0 Å². The number of aliphatic hydroxyl groups is 4. The molecule has 1 heterocycles. The Kier molecular flexibility index (Phi) is 10.7. The molecule has 1 aliphatic rings. The lowest BCUT2D eigenvalue weighted by molar-refractivity contribution is -0.272. The molecule has 1 saturated heterocycles. The first-order valence-electron chi connectivity index (χ1n) is 9.11. The van der Waals surface area contributed by atoms with Crippen molar-refractivity contribution in [2.45, 2.75) is 75.8 Å². The lowest BCUT2D eigenvalue weighted by Gasteiger charge is -2.41. The first kappa shape index (κ1) is 23.7. The van der Waals surface area contributed by atoms with Crippen LogP contribution in [0.2, 0.25) is 0 Å². The number of amides is 1. The molecule has 5 N–H and O–H groups in total. The van der Waals surface area contributed by atoms with Crippen LogP contribution < -0.4 is 5.32 Å². The van der Waals surface area contributed by atoms with E-state index in [-0.39, 0.29) is 25.6 Å². The highest BCUT2D eigenvalue weighted by Crippen LogP contribution is 2.22. The summed E-state index contributed by atoms with van der Waals surface area (Å²) in [5, 5.41) is 41.2. The van der Waals surface area contributed by atoms with Crippen LogP contribution in [0.25, 0.3) is 0 Å². The van der Waals surface area contributed by atoms with Crippen molar-refractivity contribution in [2.24, 2.45) is 0 Å². The fourth-order valence-corrected chi connectivity index (χ4v) is 2.73. The Morgan fingerprint density at radius 1 is 1.19 bits per heavy atom. The third kappa shape index (κ3) is 7.68. The maximum Gasteiger partial charge on any atom is 0.305 e. The highest BCUT2D eigenvalue weighted by atomic mass is 16.7. The predicted octanol–water partition coefficient (Wildman–Crippen LogP) is -1.57. The van der Waals surface area contributed by atoms with Crippen molar-refractivity contribution in [2.75, 3.05) is 20.3 Å². The zero-order valence-corrected chi connectivity index (χ0v) is 15.7. The molecule has 158 valence electrons. The maximum absolute atomic E-state index is 11.8. The first-order chi connectivity index (χ1) is 12.8. The molecule has 0 radical (unpaired) electrons. The number of rotatable bonds is 11. The van der Waals surface area contributed by atoms with E-state index in [1.165, 1.54) is 7.11 Å². The van der Waals surface area contributed by atoms with E-state index in [0.29, 0.717) is 19.3 Å². The third-order valence-electron chi connectivity index (χ3n) is 4.40. The SMILES string of the molecule is COC(=O)CCCCCO[C@H]1O[C@H](C)[C@@H](NC(=O)[C@@H](O)CCO)[C@H](O)[C@@H]1O. The molecule has 1 rings (SSSR count). The molecule has 1 fully saturated rings. The first-order valence-corrected chi connectivity index (χ1v) is 9.11. The van der Waals surface area contributed by atoms with Gasteiger partial charge >= 0.3 is 5.97 Å². The summed E-state index contributed by atoms with van der Waals surface area (Å²) >= 11 is 0. The highest BCUT2D eigenvalue weighted by Gasteiger charge is 2.44. The van der Waals surface area contributed by atoms with E-state index in [0.717, 1.165) is 6.42 Å². The van der Waals surface area contributed by atoms with Gasteiger partial charge in [-0.3, -0.25) is 9.59 Å². The van der Waals surface area contributed by atoms with Crippen LogP contribution in [-0.4, -0.2) is 89.4 Å². The highest BCUT2D eigenvalue weighted by molar-refractivity contribution is 5.80. The summed E-state index contributed by atoms with van der Waals surface area (Å²) in [6.07, 6.45) is -3.62. The molecule has 0 unspecified atom stereocenters. The number of carbonyl (C=O) groups is 2. The van der Waals surface area contributed by atoms with Crippen LogP contribution in [0.1, 0.15) is 39.0 Å². The molecule has 0 aromatic rings. The monoisotopic (exact) mass is 393 g/mol. The number of carbonyl (C=O) groups excluding carboxylic acids is 2. The van der Waals surface area contributed by atoms with Gasteiger partial charge in [0.05, 0.1) is 19.3 Å². The van der Waals surface area contributed by atoms with Gasteiger partial charge in [-0.2, -0.15) is 0 Å². The van der Waals surface area contributed by atoms with Crippen LogP contribution in [0.5, 0.6) is 0 Å². The van der Waals surface area contributed by atoms with Crippen LogP contribution >= 0.6 is 0 Å². The molecular weight excluding hydrogens is 362 g/mol.